The molecule has 1 atom stereocenters. The highest BCUT2D eigenvalue weighted by Gasteiger charge is 2.33. The van der Waals surface area contributed by atoms with Gasteiger partial charge in [-0.25, -0.2) is 0 Å². The van der Waals surface area contributed by atoms with Crippen molar-refractivity contribution in [1.29, 1.82) is 0 Å². The SMILES string of the molecule is COc1ccc(C2=NNC(C)(c3cccc(C)c3)C2)cc1OC. The first-order valence-corrected chi connectivity index (χ1v) is 7.69. The van der Waals surface area contributed by atoms with Crippen molar-refractivity contribution in [2.24, 2.45) is 5.10 Å². The number of nitrogens with one attached hydrogen (secondary N) is 1. The maximum absolute atomic E-state index is 5.39. The lowest BCUT2D eigenvalue weighted by Gasteiger charge is -2.24. The molecule has 1 N–H and O–H groups in total. The van der Waals surface area contributed by atoms with Gasteiger partial charge >= 0.3 is 0 Å². The minimum absolute atomic E-state index is 0.186. The molecule has 1 aliphatic heterocycles. The largest absolute Gasteiger partial charge is 0.493 e. The molecule has 3 rings (SSSR count). The third kappa shape index (κ3) is 2.89. The summed E-state index contributed by atoms with van der Waals surface area (Å²) >= 11 is 0. The third-order valence-electron chi connectivity index (χ3n) is 4.33. The summed E-state index contributed by atoms with van der Waals surface area (Å²) in [6.07, 6.45) is 0.825. The van der Waals surface area contributed by atoms with E-state index in [1.807, 2.05) is 18.2 Å². The standard InChI is InChI=1S/C19H22N2O2/c1-13-6-5-7-15(10-13)19(2)12-16(20-21-19)14-8-9-17(22-3)18(11-14)23-4/h5-11,21H,12H2,1-4H3. The number of rotatable bonds is 4. The number of aryl methyl sites for hydroxylation is 1. The molecular formula is C19H22N2O2. The number of benzene rings is 2. The molecule has 0 saturated heterocycles. The number of ether oxygens (including phenoxy) is 2. The minimum atomic E-state index is -0.186. The number of hydrogen-bond donors (Lipinski definition) is 1. The van der Waals surface area contributed by atoms with Crippen LogP contribution < -0.4 is 14.9 Å². The molecule has 0 bridgehead atoms. The average Bonchev–Trinajstić information content (AvgIpc) is 2.98. The number of methoxy groups -OCH3 is 2. The van der Waals surface area contributed by atoms with Gasteiger partial charge in [0.2, 0.25) is 0 Å². The molecule has 120 valence electrons. The Balaban J connectivity index is 1.87. The lowest BCUT2D eigenvalue weighted by atomic mass is 9.86. The van der Waals surface area contributed by atoms with Gasteiger partial charge in [-0.3, -0.25) is 5.43 Å². The van der Waals surface area contributed by atoms with E-state index < -0.39 is 0 Å². The topological polar surface area (TPSA) is 42.8 Å². The number of hydrazone groups is 1. The van der Waals surface area contributed by atoms with Crippen molar-refractivity contribution in [3.63, 3.8) is 0 Å². The van der Waals surface area contributed by atoms with Crippen LogP contribution in [0.15, 0.2) is 47.6 Å². The summed E-state index contributed by atoms with van der Waals surface area (Å²) in [5, 5.41) is 4.57. The monoisotopic (exact) mass is 310 g/mol. The number of nitrogens with zero attached hydrogens (tertiary/aromatic N) is 1. The normalized spacial score (nSPS) is 19.9. The lowest BCUT2D eigenvalue weighted by molar-refractivity contribution is 0.355. The first-order chi connectivity index (χ1) is 11.1. The molecule has 0 radical (unpaired) electrons. The van der Waals surface area contributed by atoms with E-state index in [-0.39, 0.29) is 5.54 Å². The van der Waals surface area contributed by atoms with Gasteiger partial charge in [-0.05, 0) is 37.6 Å². The van der Waals surface area contributed by atoms with Gasteiger partial charge in [0.15, 0.2) is 11.5 Å². The van der Waals surface area contributed by atoms with Crippen molar-refractivity contribution in [3.8, 4) is 11.5 Å². The summed E-state index contributed by atoms with van der Waals surface area (Å²) in [6, 6.07) is 14.5. The highest BCUT2D eigenvalue weighted by molar-refractivity contribution is 6.02. The van der Waals surface area contributed by atoms with E-state index in [2.05, 4.69) is 48.6 Å². The molecule has 1 aliphatic rings. The molecule has 4 heteroatoms. The van der Waals surface area contributed by atoms with Crippen LogP contribution in [0.1, 0.15) is 30.0 Å². The van der Waals surface area contributed by atoms with E-state index in [0.29, 0.717) is 0 Å². The summed E-state index contributed by atoms with van der Waals surface area (Å²) in [4.78, 5) is 0. The molecule has 23 heavy (non-hydrogen) atoms. The zero-order valence-electron chi connectivity index (χ0n) is 14.0. The van der Waals surface area contributed by atoms with Crippen molar-refractivity contribution in [2.75, 3.05) is 14.2 Å². The Hall–Kier alpha value is -2.49. The van der Waals surface area contributed by atoms with Gasteiger partial charge < -0.3 is 9.47 Å². The molecule has 4 nitrogen and oxygen atoms in total. The Labute approximate surface area is 137 Å². The van der Waals surface area contributed by atoms with Crippen LogP contribution in [0.4, 0.5) is 0 Å². The molecular weight excluding hydrogens is 288 g/mol. The van der Waals surface area contributed by atoms with Gasteiger partial charge in [-0.2, -0.15) is 5.10 Å². The zero-order chi connectivity index (χ0) is 16.4. The van der Waals surface area contributed by atoms with E-state index in [9.17, 15) is 0 Å². The smallest absolute Gasteiger partial charge is 0.161 e. The molecule has 1 unspecified atom stereocenters. The van der Waals surface area contributed by atoms with E-state index in [1.54, 1.807) is 14.2 Å². The van der Waals surface area contributed by atoms with Crippen LogP contribution in [0.3, 0.4) is 0 Å². The summed E-state index contributed by atoms with van der Waals surface area (Å²) in [6.45, 7) is 4.29. The number of hydrogen-bond acceptors (Lipinski definition) is 4. The van der Waals surface area contributed by atoms with Crippen molar-refractivity contribution in [1.82, 2.24) is 5.43 Å². The van der Waals surface area contributed by atoms with Crippen LogP contribution in [0.5, 0.6) is 11.5 Å². The Morgan fingerprint density at radius 1 is 1.04 bits per heavy atom. The highest BCUT2D eigenvalue weighted by Crippen LogP contribution is 2.34. The fourth-order valence-electron chi connectivity index (χ4n) is 2.94. The molecule has 0 aromatic heterocycles. The highest BCUT2D eigenvalue weighted by atomic mass is 16.5. The first-order valence-electron chi connectivity index (χ1n) is 7.69. The maximum atomic E-state index is 5.39. The summed E-state index contributed by atoms with van der Waals surface area (Å²) in [5.41, 5.74) is 7.69. The lowest BCUT2D eigenvalue weighted by Crippen LogP contribution is -2.32. The molecule has 0 saturated carbocycles. The van der Waals surface area contributed by atoms with Crippen LogP contribution in [0.2, 0.25) is 0 Å². The predicted octanol–water partition coefficient (Wildman–Crippen LogP) is 3.63. The molecule has 0 aliphatic carbocycles. The second-order valence-corrected chi connectivity index (χ2v) is 6.12. The van der Waals surface area contributed by atoms with Crippen molar-refractivity contribution >= 4 is 5.71 Å². The van der Waals surface area contributed by atoms with Gasteiger partial charge in [0.1, 0.15) is 0 Å². The molecule has 0 amide bonds. The van der Waals surface area contributed by atoms with Gasteiger partial charge in [0, 0.05) is 12.0 Å². The fourth-order valence-corrected chi connectivity index (χ4v) is 2.94. The van der Waals surface area contributed by atoms with E-state index >= 15 is 0 Å². The minimum Gasteiger partial charge on any atom is -0.493 e. The van der Waals surface area contributed by atoms with Crippen LogP contribution in [0.25, 0.3) is 0 Å². The van der Waals surface area contributed by atoms with E-state index in [1.165, 1.54) is 11.1 Å². The van der Waals surface area contributed by atoms with Crippen LogP contribution in [-0.4, -0.2) is 19.9 Å². The third-order valence-corrected chi connectivity index (χ3v) is 4.33. The molecule has 0 fully saturated rings. The zero-order valence-corrected chi connectivity index (χ0v) is 14.0. The Kier molecular flexibility index (Phi) is 3.99. The van der Waals surface area contributed by atoms with E-state index in [0.717, 1.165) is 29.2 Å². The van der Waals surface area contributed by atoms with Crippen LogP contribution in [0, 0.1) is 6.92 Å². The van der Waals surface area contributed by atoms with Gasteiger partial charge in [-0.1, -0.05) is 29.8 Å². The van der Waals surface area contributed by atoms with Gasteiger partial charge in [0.05, 0.1) is 25.5 Å². The van der Waals surface area contributed by atoms with Crippen molar-refractivity contribution in [2.45, 2.75) is 25.8 Å². The van der Waals surface area contributed by atoms with Gasteiger partial charge in [0.25, 0.3) is 0 Å². The Morgan fingerprint density at radius 2 is 1.83 bits per heavy atom. The fraction of sp³-hybridized carbons (Fsp3) is 0.316. The van der Waals surface area contributed by atoms with E-state index in [4.69, 9.17) is 9.47 Å². The Bertz CT molecular complexity index is 755. The summed E-state index contributed by atoms with van der Waals surface area (Å²) in [7, 11) is 3.29. The summed E-state index contributed by atoms with van der Waals surface area (Å²) < 4.78 is 10.7. The molecule has 2 aromatic rings. The average molecular weight is 310 g/mol. The second kappa shape index (κ2) is 5.95. The summed E-state index contributed by atoms with van der Waals surface area (Å²) in [5.74, 6) is 1.45. The van der Waals surface area contributed by atoms with Crippen LogP contribution >= 0.6 is 0 Å². The Morgan fingerprint density at radius 3 is 2.52 bits per heavy atom. The maximum Gasteiger partial charge on any atom is 0.161 e. The first kappa shape index (κ1) is 15.4. The molecule has 1 heterocycles. The predicted molar refractivity (Wildman–Crippen MR) is 92.4 cm³/mol. The quantitative estimate of drug-likeness (QED) is 0.938. The molecule has 0 spiro atoms. The van der Waals surface area contributed by atoms with Crippen LogP contribution in [-0.2, 0) is 5.54 Å². The van der Waals surface area contributed by atoms with Crippen molar-refractivity contribution < 1.29 is 9.47 Å². The second-order valence-electron chi connectivity index (χ2n) is 6.12. The van der Waals surface area contributed by atoms with Gasteiger partial charge in [-0.15, -0.1) is 0 Å². The molecule has 2 aromatic carbocycles. The van der Waals surface area contributed by atoms with Crippen molar-refractivity contribution in [3.05, 3.63) is 59.2 Å².